The van der Waals surface area contributed by atoms with Crippen molar-refractivity contribution < 1.29 is 8.42 Å². The lowest BCUT2D eigenvalue weighted by molar-refractivity contribution is 0.598. The second kappa shape index (κ2) is 4.11. The molecule has 0 N–H and O–H groups in total. The van der Waals surface area contributed by atoms with Gasteiger partial charge in [-0.1, -0.05) is 29.3 Å². The summed E-state index contributed by atoms with van der Waals surface area (Å²) in [6.45, 7) is 3.31. The van der Waals surface area contributed by atoms with Crippen molar-refractivity contribution in [3.63, 3.8) is 0 Å². The van der Waals surface area contributed by atoms with E-state index >= 15 is 0 Å². The van der Waals surface area contributed by atoms with Crippen molar-refractivity contribution in [1.29, 1.82) is 0 Å². The van der Waals surface area contributed by atoms with Gasteiger partial charge in [0.15, 0.2) is 0 Å². The molecule has 0 aliphatic heterocycles. The van der Waals surface area contributed by atoms with Crippen LogP contribution in [0, 0.1) is 6.92 Å². The second-order valence-corrected chi connectivity index (χ2v) is 5.03. The lowest BCUT2D eigenvalue weighted by Gasteiger charge is -1.98. The molecule has 1 aromatic rings. The maximum absolute atomic E-state index is 11.5. The van der Waals surface area contributed by atoms with Crippen molar-refractivity contribution in [2.75, 3.05) is 0 Å². The number of hydrogen-bond acceptors (Lipinski definition) is 2. The van der Waals surface area contributed by atoms with Crippen molar-refractivity contribution in [1.82, 2.24) is 0 Å². The Morgan fingerprint density at radius 1 is 1.29 bits per heavy atom. The maximum atomic E-state index is 11.5. The molecule has 0 saturated carbocycles. The van der Waals surface area contributed by atoms with Gasteiger partial charge in [0.1, 0.15) is 5.17 Å². The second-order valence-electron chi connectivity index (χ2n) is 2.88. The van der Waals surface area contributed by atoms with Gasteiger partial charge in [0.05, 0.1) is 4.90 Å². The first-order chi connectivity index (χ1) is 6.42. The normalized spacial score (nSPS) is 12.9. The van der Waals surface area contributed by atoms with Crippen LogP contribution < -0.4 is 0 Å². The number of halogens is 1. The minimum absolute atomic E-state index is 0.00516. The van der Waals surface area contributed by atoms with Crippen molar-refractivity contribution >= 4 is 26.8 Å². The fraction of sp³-hybridized carbons (Fsp3) is 0.222. The average Bonchev–Trinajstić information content (AvgIpc) is 2.02. The molecule has 0 spiro atoms. The summed E-state index contributed by atoms with van der Waals surface area (Å²) in [5.41, 5.74) is 0.996. The number of aryl methyl sites for hydroxylation is 1. The number of hydrogen-bond donors (Lipinski definition) is 0. The Morgan fingerprint density at radius 2 is 1.79 bits per heavy atom. The van der Waals surface area contributed by atoms with E-state index in [2.05, 4.69) is 4.40 Å². The van der Waals surface area contributed by atoms with Crippen LogP contribution in [0.15, 0.2) is 33.6 Å². The number of benzene rings is 1. The first-order valence-electron chi connectivity index (χ1n) is 3.95. The Bertz CT molecular complexity index is 444. The summed E-state index contributed by atoms with van der Waals surface area (Å²) in [5.74, 6) is 0. The number of nitrogens with zero attached hydrogens (tertiary/aromatic N) is 1. The lowest BCUT2D eigenvalue weighted by atomic mass is 10.2. The number of rotatable bonds is 2. The highest BCUT2D eigenvalue weighted by Crippen LogP contribution is 2.13. The summed E-state index contributed by atoms with van der Waals surface area (Å²) >= 11 is 5.41. The Hall–Kier alpha value is -0.870. The van der Waals surface area contributed by atoms with Crippen LogP contribution in [0.2, 0.25) is 0 Å². The molecule has 76 valence electrons. The fourth-order valence-electron chi connectivity index (χ4n) is 0.929. The predicted molar refractivity (Wildman–Crippen MR) is 57.3 cm³/mol. The Morgan fingerprint density at radius 3 is 2.21 bits per heavy atom. The van der Waals surface area contributed by atoms with Gasteiger partial charge < -0.3 is 0 Å². The molecule has 3 nitrogen and oxygen atoms in total. The number of sulfonamides is 1. The summed E-state index contributed by atoms with van der Waals surface area (Å²) in [6.07, 6.45) is 0. The third-order valence-corrected chi connectivity index (χ3v) is 3.13. The predicted octanol–water partition coefficient (Wildman–Crippen LogP) is 2.34. The van der Waals surface area contributed by atoms with Gasteiger partial charge in [-0.2, -0.15) is 12.8 Å². The van der Waals surface area contributed by atoms with Gasteiger partial charge in [-0.15, -0.1) is 0 Å². The first-order valence-corrected chi connectivity index (χ1v) is 5.77. The van der Waals surface area contributed by atoms with Crippen LogP contribution in [0.25, 0.3) is 0 Å². The Kier molecular flexibility index (Phi) is 3.29. The molecule has 0 bridgehead atoms. The van der Waals surface area contributed by atoms with Crippen LogP contribution in [0.4, 0.5) is 0 Å². The zero-order valence-corrected chi connectivity index (χ0v) is 9.43. The van der Waals surface area contributed by atoms with E-state index in [1.54, 1.807) is 12.1 Å². The third kappa shape index (κ3) is 2.82. The Labute approximate surface area is 88.5 Å². The van der Waals surface area contributed by atoms with Crippen molar-refractivity contribution in [2.45, 2.75) is 18.7 Å². The molecule has 1 rings (SSSR count). The largest absolute Gasteiger partial charge is 0.283 e. The van der Waals surface area contributed by atoms with E-state index in [9.17, 15) is 8.42 Å². The molecular formula is C9H10ClNO2S. The minimum atomic E-state index is -3.62. The van der Waals surface area contributed by atoms with Crippen molar-refractivity contribution in [2.24, 2.45) is 4.40 Å². The fourth-order valence-corrected chi connectivity index (χ4v) is 2.12. The van der Waals surface area contributed by atoms with Crippen LogP contribution in [-0.4, -0.2) is 13.6 Å². The van der Waals surface area contributed by atoms with Gasteiger partial charge in [-0.05, 0) is 26.0 Å². The van der Waals surface area contributed by atoms with E-state index in [1.807, 2.05) is 6.92 Å². The molecule has 0 saturated heterocycles. The van der Waals surface area contributed by atoms with Crippen LogP contribution >= 0.6 is 11.6 Å². The molecule has 0 unspecified atom stereocenters. The molecule has 0 heterocycles. The minimum Gasteiger partial charge on any atom is -0.199 e. The van der Waals surface area contributed by atoms with Crippen LogP contribution in [0.1, 0.15) is 12.5 Å². The van der Waals surface area contributed by atoms with Crippen LogP contribution in [-0.2, 0) is 10.0 Å². The molecule has 0 radical (unpaired) electrons. The highest BCUT2D eigenvalue weighted by atomic mass is 35.5. The molecule has 14 heavy (non-hydrogen) atoms. The highest BCUT2D eigenvalue weighted by molar-refractivity contribution is 7.90. The summed E-state index contributed by atoms with van der Waals surface area (Å²) < 4.78 is 26.3. The maximum Gasteiger partial charge on any atom is 0.283 e. The molecule has 5 heteroatoms. The zero-order chi connectivity index (χ0) is 10.8. The molecule has 1 aromatic carbocycles. The average molecular weight is 232 g/mol. The van der Waals surface area contributed by atoms with Gasteiger partial charge >= 0.3 is 0 Å². The van der Waals surface area contributed by atoms with Crippen LogP contribution in [0.3, 0.4) is 0 Å². The summed E-state index contributed by atoms with van der Waals surface area (Å²) in [7, 11) is -3.62. The SMILES string of the molecule is C/C(Cl)=N\S(=O)(=O)c1ccc(C)cc1. The quantitative estimate of drug-likeness (QED) is 0.734. The molecule has 0 aromatic heterocycles. The first kappa shape index (κ1) is 11.2. The van der Waals surface area contributed by atoms with Gasteiger partial charge in [0.2, 0.25) is 0 Å². The third-order valence-electron chi connectivity index (χ3n) is 1.56. The Balaban J connectivity index is 3.18. The smallest absolute Gasteiger partial charge is 0.199 e. The van der Waals surface area contributed by atoms with E-state index in [0.29, 0.717) is 0 Å². The summed E-state index contributed by atoms with van der Waals surface area (Å²) in [6, 6.07) is 6.44. The molecule has 0 fully saturated rings. The molecule has 0 aliphatic rings. The highest BCUT2D eigenvalue weighted by Gasteiger charge is 2.11. The van der Waals surface area contributed by atoms with Gasteiger partial charge in [0, 0.05) is 0 Å². The molecule has 0 atom stereocenters. The monoisotopic (exact) mass is 231 g/mol. The summed E-state index contributed by atoms with van der Waals surface area (Å²) in [4.78, 5) is 0.156. The topological polar surface area (TPSA) is 46.5 Å². The molecule has 0 aliphatic carbocycles. The van der Waals surface area contributed by atoms with E-state index in [0.717, 1.165) is 5.56 Å². The van der Waals surface area contributed by atoms with Crippen LogP contribution in [0.5, 0.6) is 0 Å². The lowest BCUT2D eigenvalue weighted by Crippen LogP contribution is -1.98. The standard InChI is InChI=1S/C9H10ClNO2S/c1-7-3-5-9(6-4-7)14(12,13)11-8(2)10/h3-6H,1-2H3/b11-8+. The van der Waals surface area contributed by atoms with E-state index in [1.165, 1.54) is 19.1 Å². The van der Waals surface area contributed by atoms with Crippen molar-refractivity contribution in [3.05, 3.63) is 29.8 Å². The zero-order valence-electron chi connectivity index (χ0n) is 7.86. The van der Waals surface area contributed by atoms with Gasteiger partial charge in [-0.3, -0.25) is 0 Å². The molecule has 0 amide bonds. The van der Waals surface area contributed by atoms with E-state index in [-0.39, 0.29) is 10.1 Å². The van der Waals surface area contributed by atoms with Gasteiger partial charge in [0.25, 0.3) is 10.0 Å². The van der Waals surface area contributed by atoms with Crippen molar-refractivity contribution in [3.8, 4) is 0 Å². The summed E-state index contributed by atoms with van der Waals surface area (Å²) in [5, 5.41) is 0.00516. The van der Waals surface area contributed by atoms with Gasteiger partial charge in [-0.25, -0.2) is 0 Å². The van der Waals surface area contributed by atoms with E-state index < -0.39 is 10.0 Å². The molecular weight excluding hydrogens is 222 g/mol. The van der Waals surface area contributed by atoms with E-state index in [4.69, 9.17) is 11.6 Å².